The van der Waals surface area contributed by atoms with Crippen molar-refractivity contribution in [1.29, 1.82) is 0 Å². The number of likely N-dealkylation sites (N-methyl/N-ethyl adjacent to an activating group) is 1. The van der Waals surface area contributed by atoms with E-state index < -0.39 is 0 Å². The van der Waals surface area contributed by atoms with Crippen molar-refractivity contribution in [3.05, 3.63) is 70.9 Å². The number of allylic oxidation sites excluding steroid dienone is 3. The van der Waals surface area contributed by atoms with E-state index in [9.17, 15) is 4.79 Å². The third kappa shape index (κ3) is 2.62. The predicted octanol–water partition coefficient (Wildman–Crippen LogP) is 3.83. The molecule has 3 nitrogen and oxygen atoms in total. The van der Waals surface area contributed by atoms with Gasteiger partial charge in [-0.3, -0.25) is 9.69 Å². The lowest BCUT2D eigenvalue weighted by Gasteiger charge is -2.24. The fourth-order valence-corrected chi connectivity index (χ4v) is 4.02. The first-order valence-electron chi connectivity index (χ1n) is 7.02. The minimum absolute atomic E-state index is 0.0202. The van der Waals surface area contributed by atoms with Crippen LogP contribution >= 0.6 is 24.0 Å². The summed E-state index contributed by atoms with van der Waals surface area (Å²) in [5.74, 6) is -0.0202. The molecule has 0 radical (unpaired) electrons. The molecule has 3 rings (SSSR count). The summed E-state index contributed by atoms with van der Waals surface area (Å²) in [6.45, 7) is 2.01. The molecule has 0 aromatic heterocycles. The number of thiocarbonyl (C=S) groups is 1. The molecule has 1 amide bonds. The zero-order valence-corrected chi connectivity index (χ0v) is 14.0. The van der Waals surface area contributed by atoms with E-state index in [1.54, 1.807) is 4.90 Å². The lowest BCUT2D eigenvalue weighted by atomic mass is 10.1. The molecular formula is C17H16N2OS2. The van der Waals surface area contributed by atoms with E-state index in [1.165, 1.54) is 11.8 Å². The lowest BCUT2D eigenvalue weighted by Crippen LogP contribution is -2.31. The molecule has 1 saturated heterocycles. The fraction of sp³-hybridized carbons (Fsp3) is 0.176. The van der Waals surface area contributed by atoms with Gasteiger partial charge in [0, 0.05) is 13.2 Å². The first-order chi connectivity index (χ1) is 10.6. The number of hydrogen-bond donors (Lipinski definition) is 0. The molecule has 0 N–H and O–H groups in total. The third-order valence-corrected chi connectivity index (χ3v) is 5.16. The van der Waals surface area contributed by atoms with Gasteiger partial charge in [0.25, 0.3) is 5.91 Å². The Morgan fingerprint density at radius 2 is 1.91 bits per heavy atom. The van der Waals surface area contributed by atoms with Crippen LogP contribution < -0.4 is 0 Å². The van der Waals surface area contributed by atoms with E-state index in [1.807, 2.05) is 73.6 Å². The molecule has 5 heteroatoms. The number of nitrogens with zero attached hydrogens (tertiary/aromatic N) is 2. The quantitative estimate of drug-likeness (QED) is 0.608. The Morgan fingerprint density at radius 3 is 2.59 bits per heavy atom. The molecule has 0 bridgehead atoms. The first kappa shape index (κ1) is 15.1. The van der Waals surface area contributed by atoms with Gasteiger partial charge >= 0.3 is 0 Å². The zero-order valence-electron chi connectivity index (χ0n) is 12.4. The van der Waals surface area contributed by atoms with Crippen molar-refractivity contribution in [2.24, 2.45) is 0 Å². The predicted molar refractivity (Wildman–Crippen MR) is 95.0 cm³/mol. The summed E-state index contributed by atoms with van der Waals surface area (Å²) < 4.78 is 0.611. The molecule has 0 spiro atoms. The summed E-state index contributed by atoms with van der Waals surface area (Å²) in [7, 11) is 1.93. The number of carbonyl (C=O) groups is 1. The maximum Gasteiger partial charge on any atom is 0.268 e. The summed E-state index contributed by atoms with van der Waals surface area (Å²) >= 11 is 6.83. The summed E-state index contributed by atoms with van der Waals surface area (Å²) in [6, 6.07) is 9.89. The van der Waals surface area contributed by atoms with Crippen molar-refractivity contribution >= 4 is 34.2 Å². The Labute approximate surface area is 140 Å². The van der Waals surface area contributed by atoms with E-state index in [0.29, 0.717) is 9.23 Å². The van der Waals surface area contributed by atoms with Crippen molar-refractivity contribution in [2.45, 2.75) is 13.0 Å². The van der Waals surface area contributed by atoms with Gasteiger partial charge in [0.05, 0.1) is 11.7 Å². The maximum atomic E-state index is 12.9. The lowest BCUT2D eigenvalue weighted by molar-refractivity contribution is -0.123. The third-order valence-electron chi connectivity index (χ3n) is 3.76. The van der Waals surface area contributed by atoms with Crippen molar-refractivity contribution in [1.82, 2.24) is 9.80 Å². The topological polar surface area (TPSA) is 23.6 Å². The SMILES string of the molecule is C[C@@H](c1ccccc1)N1C(=O)/C(=C2\C=CC=CN2C)SC1=S. The van der Waals surface area contributed by atoms with E-state index in [0.717, 1.165) is 11.3 Å². The minimum Gasteiger partial charge on any atom is -0.350 e. The van der Waals surface area contributed by atoms with Gasteiger partial charge in [-0.2, -0.15) is 0 Å². The van der Waals surface area contributed by atoms with Crippen LogP contribution in [0.3, 0.4) is 0 Å². The highest BCUT2D eigenvalue weighted by atomic mass is 32.2. The molecule has 1 fully saturated rings. The Morgan fingerprint density at radius 1 is 1.18 bits per heavy atom. The van der Waals surface area contributed by atoms with Gasteiger partial charge in [-0.25, -0.2) is 0 Å². The highest BCUT2D eigenvalue weighted by Gasteiger charge is 2.38. The van der Waals surface area contributed by atoms with Gasteiger partial charge in [-0.1, -0.05) is 60.4 Å². The maximum absolute atomic E-state index is 12.9. The number of amides is 1. The second-order valence-corrected chi connectivity index (χ2v) is 6.80. The monoisotopic (exact) mass is 328 g/mol. The Hall–Kier alpha value is -1.85. The average Bonchev–Trinajstić information content (AvgIpc) is 2.83. The van der Waals surface area contributed by atoms with Gasteiger partial charge in [-0.05, 0) is 24.6 Å². The van der Waals surface area contributed by atoms with Crippen LogP contribution in [-0.4, -0.2) is 27.1 Å². The molecule has 1 atom stereocenters. The van der Waals surface area contributed by atoms with Gasteiger partial charge in [0.15, 0.2) is 0 Å². The fourth-order valence-electron chi connectivity index (χ4n) is 2.51. The van der Waals surface area contributed by atoms with Gasteiger partial charge < -0.3 is 4.90 Å². The Balaban J connectivity index is 1.94. The summed E-state index contributed by atoms with van der Waals surface area (Å²) in [4.78, 5) is 17.2. The molecule has 2 aliphatic heterocycles. The minimum atomic E-state index is -0.0692. The number of benzene rings is 1. The van der Waals surface area contributed by atoms with Crippen molar-refractivity contribution in [2.75, 3.05) is 7.05 Å². The van der Waals surface area contributed by atoms with E-state index >= 15 is 0 Å². The van der Waals surface area contributed by atoms with Crippen LogP contribution in [0.5, 0.6) is 0 Å². The second-order valence-electron chi connectivity index (χ2n) is 5.16. The van der Waals surface area contributed by atoms with E-state index in [-0.39, 0.29) is 11.9 Å². The normalized spacial score (nSPS) is 22.6. The number of hydrogen-bond acceptors (Lipinski definition) is 4. The molecule has 2 aliphatic rings. The molecular weight excluding hydrogens is 312 g/mol. The van der Waals surface area contributed by atoms with E-state index in [4.69, 9.17) is 12.2 Å². The highest BCUT2D eigenvalue weighted by molar-refractivity contribution is 8.26. The Bertz CT molecular complexity index is 707. The van der Waals surface area contributed by atoms with Crippen LogP contribution in [0.25, 0.3) is 0 Å². The van der Waals surface area contributed by atoms with Gasteiger partial charge in [0.2, 0.25) is 0 Å². The number of thioether (sulfide) groups is 1. The van der Waals surface area contributed by atoms with Gasteiger partial charge in [-0.15, -0.1) is 0 Å². The summed E-state index contributed by atoms with van der Waals surface area (Å²) in [6.07, 6.45) is 7.75. The van der Waals surface area contributed by atoms with Crippen LogP contribution in [0.2, 0.25) is 0 Å². The van der Waals surface area contributed by atoms with Crippen LogP contribution in [0.4, 0.5) is 0 Å². The standard InChI is InChI=1S/C17H16N2OS2/c1-12(13-8-4-3-5-9-13)19-16(20)15(22-17(19)21)14-10-6-7-11-18(14)2/h3-12H,1-2H3/b15-14-/t12-/m0/s1. The smallest absolute Gasteiger partial charge is 0.268 e. The van der Waals surface area contributed by atoms with Crippen LogP contribution in [-0.2, 0) is 4.79 Å². The first-order valence-corrected chi connectivity index (χ1v) is 8.24. The second kappa shape index (κ2) is 6.10. The highest BCUT2D eigenvalue weighted by Crippen LogP contribution is 2.39. The molecule has 0 aliphatic carbocycles. The van der Waals surface area contributed by atoms with Crippen molar-refractivity contribution < 1.29 is 4.79 Å². The van der Waals surface area contributed by atoms with Crippen LogP contribution in [0, 0.1) is 0 Å². The molecule has 2 heterocycles. The number of rotatable bonds is 2. The number of carbonyl (C=O) groups excluding carboxylic acids is 1. The average molecular weight is 328 g/mol. The largest absolute Gasteiger partial charge is 0.350 e. The van der Waals surface area contributed by atoms with Crippen LogP contribution in [0.1, 0.15) is 18.5 Å². The van der Waals surface area contributed by atoms with Gasteiger partial charge in [0.1, 0.15) is 9.23 Å². The molecule has 22 heavy (non-hydrogen) atoms. The Kier molecular flexibility index (Phi) is 4.18. The summed E-state index contributed by atoms with van der Waals surface area (Å²) in [5, 5.41) is 0. The molecule has 1 aromatic rings. The molecule has 0 saturated carbocycles. The summed E-state index contributed by atoms with van der Waals surface area (Å²) in [5.41, 5.74) is 1.97. The molecule has 0 unspecified atom stereocenters. The molecule has 1 aromatic carbocycles. The molecule has 112 valence electrons. The van der Waals surface area contributed by atoms with E-state index in [2.05, 4.69) is 0 Å². The van der Waals surface area contributed by atoms with Crippen molar-refractivity contribution in [3.8, 4) is 0 Å². The van der Waals surface area contributed by atoms with Crippen molar-refractivity contribution in [3.63, 3.8) is 0 Å². The zero-order chi connectivity index (χ0) is 15.7. The van der Waals surface area contributed by atoms with Crippen LogP contribution in [0.15, 0.2) is 65.4 Å².